The molecule has 1 aliphatic carbocycles. The number of ether oxygens (including phenoxy) is 1. The van der Waals surface area contributed by atoms with Gasteiger partial charge in [-0.3, -0.25) is 4.79 Å². The Morgan fingerprint density at radius 1 is 1.37 bits per heavy atom. The van der Waals surface area contributed by atoms with Crippen molar-refractivity contribution >= 4 is 21.8 Å². The average Bonchev–Trinajstić information content (AvgIpc) is 3.25. The molecule has 5 heteroatoms. The Labute approximate surface area is 121 Å². The van der Waals surface area contributed by atoms with Crippen LogP contribution >= 0.6 is 15.9 Å². The van der Waals surface area contributed by atoms with E-state index in [0.717, 1.165) is 30.5 Å². The fourth-order valence-electron chi connectivity index (χ4n) is 2.81. The third kappa shape index (κ3) is 2.82. The number of nitrogens with zero attached hydrogens (tertiary/aromatic N) is 1. The molecule has 1 N–H and O–H groups in total. The lowest BCUT2D eigenvalue weighted by atomic mass is 9.84. The van der Waals surface area contributed by atoms with Gasteiger partial charge in [-0.1, -0.05) is 0 Å². The number of nitrogens with one attached hydrogen (secondary N) is 1. The standard InChI is InChI=1S/C14H17BrN2O2/c15-11-3-4-12(16-9-11)13(18)17-14(10-1-2-10)5-7-19-8-6-14/h3-4,9-10H,1-2,5-8H2,(H,17,18). The van der Waals surface area contributed by atoms with E-state index in [1.807, 2.05) is 6.07 Å². The number of hydrogen-bond acceptors (Lipinski definition) is 3. The van der Waals surface area contributed by atoms with Gasteiger partial charge in [0, 0.05) is 29.4 Å². The molecule has 1 saturated carbocycles. The van der Waals surface area contributed by atoms with Gasteiger partial charge >= 0.3 is 0 Å². The molecule has 0 unspecified atom stereocenters. The molecule has 3 rings (SSSR count). The molecule has 1 aromatic heterocycles. The largest absolute Gasteiger partial charge is 0.381 e. The fourth-order valence-corrected chi connectivity index (χ4v) is 3.04. The van der Waals surface area contributed by atoms with Gasteiger partial charge < -0.3 is 10.1 Å². The zero-order valence-electron chi connectivity index (χ0n) is 10.7. The number of pyridine rings is 1. The van der Waals surface area contributed by atoms with Gasteiger partial charge in [-0.2, -0.15) is 0 Å². The van der Waals surface area contributed by atoms with Gasteiger partial charge in [0.15, 0.2) is 0 Å². The maximum atomic E-state index is 12.3. The normalized spacial score (nSPS) is 21.9. The summed E-state index contributed by atoms with van der Waals surface area (Å²) >= 11 is 3.33. The molecule has 2 fully saturated rings. The van der Waals surface area contributed by atoms with Crippen molar-refractivity contribution in [1.82, 2.24) is 10.3 Å². The number of carbonyl (C=O) groups excluding carboxylic acids is 1. The molecule has 19 heavy (non-hydrogen) atoms. The summed E-state index contributed by atoms with van der Waals surface area (Å²) in [5, 5.41) is 3.23. The zero-order chi connectivity index (χ0) is 13.3. The van der Waals surface area contributed by atoms with Crippen molar-refractivity contribution in [3.8, 4) is 0 Å². The quantitative estimate of drug-likeness (QED) is 0.929. The minimum Gasteiger partial charge on any atom is -0.381 e. The van der Waals surface area contributed by atoms with Gasteiger partial charge in [-0.05, 0) is 59.7 Å². The van der Waals surface area contributed by atoms with Crippen LogP contribution in [0.15, 0.2) is 22.8 Å². The molecule has 0 bridgehead atoms. The molecular weight excluding hydrogens is 308 g/mol. The van der Waals surface area contributed by atoms with Crippen LogP contribution in [0.5, 0.6) is 0 Å². The first-order valence-corrected chi connectivity index (χ1v) is 7.51. The van der Waals surface area contributed by atoms with Crippen LogP contribution in [0.25, 0.3) is 0 Å². The number of hydrogen-bond donors (Lipinski definition) is 1. The van der Waals surface area contributed by atoms with Gasteiger partial charge in [0.1, 0.15) is 5.69 Å². The Kier molecular flexibility index (Phi) is 3.58. The summed E-state index contributed by atoms with van der Waals surface area (Å²) in [6, 6.07) is 3.59. The molecule has 0 spiro atoms. The van der Waals surface area contributed by atoms with Crippen LogP contribution < -0.4 is 5.32 Å². The first-order valence-electron chi connectivity index (χ1n) is 6.71. The van der Waals surface area contributed by atoms with E-state index in [-0.39, 0.29) is 11.4 Å². The van der Waals surface area contributed by atoms with Crippen LogP contribution in [0.2, 0.25) is 0 Å². The molecule has 1 saturated heterocycles. The predicted octanol–water partition coefficient (Wildman–Crippen LogP) is 2.53. The van der Waals surface area contributed by atoms with Crippen LogP contribution in [0.4, 0.5) is 0 Å². The average molecular weight is 325 g/mol. The number of aromatic nitrogens is 1. The summed E-state index contributed by atoms with van der Waals surface area (Å²) in [5.41, 5.74) is 0.416. The number of carbonyl (C=O) groups is 1. The monoisotopic (exact) mass is 324 g/mol. The van der Waals surface area contributed by atoms with Crippen LogP contribution in [-0.2, 0) is 4.74 Å². The van der Waals surface area contributed by atoms with Crippen molar-refractivity contribution in [2.24, 2.45) is 5.92 Å². The van der Waals surface area contributed by atoms with E-state index >= 15 is 0 Å². The molecule has 1 aliphatic heterocycles. The first-order chi connectivity index (χ1) is 9.20. The second kappa shape index (κ2) is 5.21. The molecule has 0 aromatic carbocycles. The van der Waals surface area contributed by atoms with E-state index in [2.05, 4.69) is 26.2 Å². The molecule has 1 amide bonds. The van der Waals surface area contributed by atoms with Crippen molar-refractivity contribution < 1.29 is 9.53 Å². The van der Waals surface area contributed by atoms with E-state index in [1.54, 1.807) is 12.3 Å². The van der Waals surface area contributed by atoms with Crippen molar-refractivity contribution in [1.29, 1.82) is 0 Å². The smallest absolute Gasteiger partial charge is 0.270 e. The topological polar surface area (TPSA) is 51.2 Å². The van der Waals surface area contributed by atoms with Gasteiger partial charge in [0.2, 0.25) is 0 Å². The third-order valence-corrected chi connectivity index (χ3v) is 4.54. The maximum absolute atomic E-state index is 12.3. The van der Waals surface area contributed by atoms with E-state index in [0.29, 0.717) is 11.6 Å². The Morgan fingerprint density at radius 2 is 2.11 bits per heavy atom. The number of amides is 1. The molecule has 2 heterocycles. The molecule has 0 radical (unpaired) electrons. The minimum atomic E-state index is -0.0682. The molecule has 2 aliphatic rings. The molecule has 102 valence electrons. The van der Waals surface area contributed by atoms with Crippen molar-refractivity contribution in [3.05, 3.63) is 28.5 Å². The Hall–Kier alpha value is -0.940. The second-order valence-electron chi connectivity index (χ2n) is 5.36. The molecule has 1 aromatic rings. The van der Waals surface area contributed by atoms with Gasteiger partial charge in [-0.15, -0.1) is 0 Å². The SMILES string of the molecule is O=C(NC1(C2CC2)CCOCC1)c1ccc(Br)cn1. The van der Waals surface area contributed by atoms with Gasteiger partial charge in [-0.25, -0.2) is 4.98 Å². The molecule has 0 atom stereocenters. The van der Waals surface area contributed by atoms with Crippen LogP contribution in [0.3, 0.4) is 0 Å². The van der Waals surface area contributed by atoms with Gasteiger partial charge in [0.05, 0.1) is 0 Å². The van der Waals surface area contributed by atoms with Crippen molar-refractivity contribution in [2.75, 3.05) is 13.2 Å². The van der Waals surface area contributed by atoms with Crippen molar-refractivity contribution in [3.63, 3.8) is 0 Å². The van der Waals surface area contributed by atoms with Crippen LogP contribution in [0.1, 0.15) is 36.2 Å². The fraction of sp³-hybridized carbons (Fsp3) is 0.571. The lowest BCUT2D eigenvalue weighted by Crippen LogP contribution is -2.53. The summed E-state index contributed by atoms with van der Waals surface area (Å²) in [6.45, 7) is 1.48. The summed E-state index contributed by atoms with van der Waals surface area (Å²) in [6.07, 6.45) is 5.92. The number of rotatable bonds is 3. The van der Waals surface area contributed by atoms with E-state index in [4.69, 9.17) is 4.74 Å². The lowest BCUT2D eigenvalue weighted by Gasteiger charge is -2.38. The van der Waals surface area contributed by atoms with Gasteiger partial charge in [0.25, 0.3) is 5.91 Å². The molecular formula is C14H17BrN2O2. The Bertz CT molecular complexity index is 465. The summed E-state index contributed by atoms with van der Waals surface area (Å²) < 4.78 is 6.31. The maximum Gasteiger partial charge on any atom is 0.270 e. The highest BCUT2D eigenvalue weighted by Gasteiger charge is 2.47. The van der Waals surface area contributed by atoms with E-state index in [1.165, 1.54) is 12.8 Å². The van der Waals surface area contributed by atoms with E-state index < -0.39 is 0 Å². The summed E-state index contributed by atoms with van der Waals surface area (Å²) in [7, 11) is 0. The highest BCUT2D eigenvalue weighted by Crippen LogP contribution is 2.44. The summed E-state index contributed by atoms with van der Waals surface area (Å²) in [4.78, 5) is 16.5. The Balaban J connectivity index is 1.74. The minimum absolute atomic E-state index is 0.0654. The first kappa shape index (κ1) is 13.1. The molecule has 4 nitrogen and oxygen atoms in total. The van der Waals surface area contributed by atoms with Crippen LogP contribution in [0, 0.1) is 5.92 Å². The lowest BCUT2D eigenvalue weighted by molar-refractivity contribution is 0.0275. The highest BCUT2D eigenvalue weighted by atomic mass is 79.9. The third-order valence-electron chi connectivity index (χ3n) is 4.07. The number of halogens is 1. The van der Waals surface area contributed by atoms with Crippen molar-refractivity contribution in [2.45, 2.75) is 31.2 Å². The Morgan fingerprint density at radius 3 is 2.68 bits per heavy atom. The second-order valence-corrected chi connectivity index (χ2v) is 6.27. The summed E-state index contributed by atoms with van der Waals surface area (Å²) in [5.74, 6) is 0.553. The van der Waals surface area contributed by atoms with Crippen LogP contribution in [-0.4, -0.2) is 29.6 Å². The van der Waals surface area contributed by atoms with E-state index in [9.17, 15) is 4.79 Å². The zero-order valence-corrected chi connectivity index (χ0v) is 12.3. The predicted molar refractivity (Wildman–Crippen MR) is 74.9 cm³/mol. The highest BCUT2D eigenvalue weighted by molar-refractivity contribution is 9.10.